The number of pyridine rings is 1. The second-order valence-corrected chi connectivity index (χ2v) is 9.56. The molecule has 39 heavy (non-hydrogen) atoms. The zero-order chi connectivity index (χ0) is 27.7. The highest BCUT2D eigenvalue weighted by molar-refractivity contribution is 6.33. The first kappa shape index (κ1) is 26.9. The maximum absolute atomic E-state index is 13.6. The fourth-order valence-corrected chi connectivity index (χ4v) is 4.87. The highest BCUT2D eigenvalue weighted by Gasteiger charge is 2.39. The third kappa shape index (κ3) is 5.70. The van der Waals surface area contributed by atoms with Crippen LogP contribution in [-0.2, 0) is 6.18 Å². The molecule has 1 unspecified atom stereocenters. The number of aliphatic hydroxyl groups is 2. The molecule has 206 valence electrons. The van der Waals surface area contributed by atoms with Gasteiger partial charge >= 0.3 is 18.2 Å². The molecule has 0 aliphatic carbocycles. The van der Waals surface area contributed by atoms with Gasteiger partial charge in [-0.1, -0.05) is 23.7 Å². The number of hydrogen-bond donors (Lipinski definition) is 3. The quantitative estimate of drug-likeness (QED) is 0.411. The van der Waals surface area contributed by atoms with Crippen molar-refractivity contribution in [1.29, 1.82) is 0 Å². The van der Waals surface area contributed by atoms with Crippen LogP contribution in [-0.4, -0.2) is 69.6 Å². The number of carbonyl (C=O) groups is 1. The number of aliphatic hydroxyl groups excluding tert-OH is 2. The Hall–Kier alpha value is -3.68. The van der Waals surface area contributed by atoms with E-state index in [1.54, 1.807) is 6.07 Å². The van der Waals surface area contributed by atoms with Gasteiger partial charge in [0.05, 0.1) is 34.6 Å². The van der Waals surface area contributed by atoms with Gasteiger partial charge in [0.2, 0.25) is 0 Å². The molecule has 1 fully saturated rings. The number of halogens is 4. The average molecular weight is 565 g/mol. The van der Waals surface area contributed by atoms with E-state index in [-0.39, 0.29) is 46.6 Å². The molecule has 3 aromatic rings. The van der Waals surface area contributed by atoms with Gasteiger partial charge < -0.3 is 19.8 Å². The van der Waals surface area contributed by atoms with Crippen LogP contribution in [0.4, 0.5) is 35.3 Å². The van der Waals surface area contributed by atoms with Crippen molar-refractivity contribution in [3.63, 3.8) is 0 Å². The summed E-state index contributed by atoms with van der Waals surface area (Å²) in [5, 5.41) is 21.3. The van der Waals surface area contributed by atoms with Gasteiger partial charge in [0.1, 0.15) is 18.5 Å². The monoisotopic (exact) mass is 564 g/mol. The minimum atomic E-state index is -4.54. The maximum Gasteiger partial charge on any atom is 0.416 e. The normalized spacial score (nSPS) is 17.4. The molecular weight excluding hydrogens is 541 g/mol. The Bertz CT molecular complexity index is 1380. The molecule has 2 aliphatic heterocycles. The number of nitrogens with one attached hydrogen (secondary N) is 1. The first-order chi connectivity index (χ1) is 18.6. The van der Waals surface area contributed by atoms with Crippen LogP contribution in [0, 0.1) is 0 Å². The van der Waals surface area contributed by atoms with E-state index in [0.29, 0.717) is 18.7 Å². The molecule has 5 rings (SSSR count). The van der Waals surface area contributed by atoms with Crippen LogP contribution in [0.25, 0.3) is 11.3 Å². The summed E-state index contributed by atoms with van der Waals surface area (Å²) in [5.41, 5.74) is 0.0673. The Morgan fingerprint density at radius 1 is 1.26 bits per heavy atom. The first-order valence-electron chi connectivity index (χ1n) is 12.1. The number of ether oxygens (including phenoxy) is 1. The number of amides is 2. The van der Waals surface area contributed by atoms with Crippen molar-refractivity contribution >= 4 is 35.0 Å². The highest BCUT2D eigenvalue weighted by Crippen LogP contribution is 2.43. The Morgan fingerprint density at radius 2 is 2.08 bits per heavy atom. The summed E-state index contributed by atoms with van der Waals surface area (Å²) < 4.78 is 45.3. The topological polar surface area (TPSA) is 124 Å². The van der Waals surface area contributed by atoms with Crippen LogP contribution < -0.4 is 19.9 Å². The second-order valence-electron chi connectivity index (χ2n) is 9.15. The number of aromatic nitrogens is 3. The number of urea groups is 1. The lowest BCUT2D eigenvalue weighted by molar-refractivity contribution is -0.137. The SMILES string of the molecule is O=C(Nc1ccnc(OCC(O)CO)n1)N1c2nc(-c3cccc(C(F)(F)F)c3)c(Cl)cc2N2CCC[C@H]1C2. The summed E-state index contributed by atoms with van der Waals surface area (Å²) in [6.07, 6.45) is -2.78. The summed E-state index contributed by atoms with van der Waals surface area (Å²) >= 11 is 6.52. The van der Waals surface area contributed by atoms with E-state index in [1.807, 2.05) is 0 Å². The lowest BCUT2D eigenvalue weighted by atomic mass is 9.99. The first-order valence-corrected chi connectivity index (χ1v) is 12.5. The van der Waals surface area contributed by atoms with Crippen molar-refractivity contribution < 1.29 is 32.9 Å². The molecule has 1 aromatic carbocycles. The largest absolute Gasteiger partial charge is 0.461 e. The van der Waals surface area contributed by atoms with Gasteiger partial charge in [-0.3, -0.25) is 10.2 Å². The zero-order valence-electron chi connectivity index (χ0n) is 20.4. The molecule has 2 aliphatic rings. The lowest BCUT2D eigenvalue weighted by Gasteiger charge is -2.46. The molecule has 3 N–H and O–H groups in total. The summed E-state index contributed by atoms with van der Waals surface area (Å²) in [5.74, 6) is 0.396. The van der Waals surface area contributed by atoms with E-state index in [0.717, 1.165) is 25.1 Å². The smallest absolute Gasteiger partial charge is 0.416 e. The fraction of sp³-hybridized carbons (Fsp3) is 0.360. The lowest BCUT2D eigenvalue weighted by Crippen LogP contribution is -2.56. The second kappa shape index (κ2) is 10.8. The van der Waals surface area contributed by atoms with Crippen LogP contribution in [0.2, 0.25) is 5.02 Å². The van der Waals surface area contributed by atoms with Crippen LogP contribution in [0.1, 0.15) is 18.4 Å². The third-order valence-corrected chi connectivity index (χ3v) is 6.72. The van der Waals surface area contributed by atoms with Crippen molar-refractivity contribution in [3.05, 3.63) is 53.2 Å². The molecule has 0 spiro atoms. The van der Waals surface area contributed by atoms with Crippen LogP contribution in [0.15, 0.2) is 42.6 Å². The summed E-state index contributed by atoms with van der Waals surface area (Å²) in [6.45, 7) is 0.529. The van der Waals surface area contributed by atoms with E-state index in [4.69, 9.17) is 21.4 Å². The van der Waals surface area contributed by atoms with Gasteiger partial charge in [0.15, 0.2) is 5.82 Å². The molecule has 14 heteroatoms. The number of nitrogens with zero attached hydrogens (tertiary/aromatic N) is 5. The Morgan fingerprint density at radius 3 is 2.85 bits per heavy atom. The number of rotatable bonds is 6. The molecule has 2 aromatic heterocycles. The summed E-state index contributed by atoms with van der Waals surface area (Å²) in [7, 11) is 0. The maximum atomic E-state index is 13.6. The van der Waals surface area contributed by atoms with Crippen molar-refractivity contribution in [3.8, 4) is 17.3 Å². The van der Waals surface area contributed by atoms with E-state index >= 15 is 0 Å². The van der Waals surface area contributed by atoms with Crippen LogP contribution >= 0.6 is 11.6 Å². The minimum Gasteiger partial charge on any atom is -0.461 e. The fourth-order valence-electron chi connectivity index (χ4n) is 4.62. The molecule has 10 nitrogen and oxygen atoms in total. The predicted octanol–water partition coefficient (Wildman–Crippen LogP) is 3.96. The summed E-state index contributed by atoms with van der Waals surface area (Å²) in [6, 6.07) is 6.90. The standard InChI is InChI=1S/C25H24ClF3N6O4/c26-18-10-19-22(33-21(18)14-3-1-4-15(9-14)25(27,28)29)35(16-5-2-8-34(19)11-16)24(38)32-20-6-7-30-23(31-20)39-13-17(37)12-36/h1,3-4,6-7,9-10,16-17,36-37H,2,5,8,11-13H2,(H,30,31,32,38)/t16-,17?/m0/s1. The van der Waals surface area contributed by atoms with E-state index in [2.05, 4.69) is 25.2 Å². The molecule has 0 radical (unpaired) electrons. The molecule has 2 amide bonds. The number of carbonyl (C=O) groups excluding carboxylic acids is 1. The molecule has 1 saturated heterocycles. The Labute approximate surface area is 226 Å². The van der Waals surface area contributed by atoms with Crippen LogP contribution in [0.3, 0.4) is 0 Å². The highest BCUT2D eigenvalue weighted by atomic mass is 35.5. The minimum absolute atomic E-state index is 0.111. The number of hydrogen-bond acceptors (Lipinski definition) is 8. The summed E-state index contributed by atoms with van der Waals surface area (Å²) in [4.78, 5) is 29.8. The van der Waals surface area contributed by atoms with Gasteiger partial charge in [-0.05, 0) is 37.1 Å². The van der Waals surface area contributed by atoms with E-state index < -0.39 is 30.5 Å². The molecule has 4 heterocycles. The Kier molecular flexibility index (Phi) is 7.47. The number of fused-ring (bicyclic) bond motifs is 4. The van der Waals surface area contributed by atoms with Crippen LogP contribution in [0.5, 0.6) is 6.01 Å². The number of alkyl halides is 3. The Balaban J connectivity index is 1.48. The predicted molar refractivity (Wildman–Crippen MR) is 137 cm³/mol. The number of anilines is 3. The molecule has 0 saturated carbocycles. The molecule has 2 bridgehead atoms. The number of benzene rings is 1. The van der Waals surface area contributed by atoms with Gasteiger partial charge in [0.25, 0.3) is 0 Å². The van der Waals surface area contributed by atoms with Gasteiger partial charge in [-0.25, -0.2) is 14.8 Å². The molecule has 2 atom stereocenters. The van der Waals surface area contributed by atoms with Gasteiger partial charge in [0, 0.05) is 24.8 Å². The zero-order valence-corrected chi connectivity index (χ0v) is 21.2. The van der Waals surface area contributed by atoms with Crippen molar-refractivity contribution in [2.24, 2.45) is 0 Å². The van der Waals surface area contributed by atoms with E-state index in [9.17, 15) is 23.1 Å². The van der Waals surface area contributed by atoms with E-state index in [1.165, 1.54) is 29.3 Å². The third-order valence-electron chi connectivity index (χ3n) is 6.43. The van der Waals surface area contributed by atoms with Gasteiger partial charge in [-0.15, -0.1) is 0 Å². The van der Waals surface area contributed by atoms with Crippen molar-refractivity contribution in [2.75, 3.05) is 41.4 Å². The van der Waals surface area contributed by atoms with Crippen molar-refractivity contribution in [2.45, 2.75) is 31.2 Å². The van der Waals surface area contributed by atoms with Crippen molar-refractivity contribution in [1.82, 2.24) is 15.0 Å². The number of piperidine rings is 1. The average Bonchev–Trinajstić information content (AvgIpc) is 2.92. The molecular formula is C25H24ClF3N6O4. The van der Waals surface area contributed by atoms with Gasteiger partial charge in [-0.2, -0.15) is 18.2 Å².